The molecule has 6 nitrogen and oxygen atoms in total. The zero-order valence-corrected chi connectivity index (χ0v) is 16.1. The van der Waals surface area contributed by atoms with Crippen molar-refractivity contribution in [1.82, 2.24) is 14.8 Å². The number of hydrogen-bond acceptors (Lipinski definition) is 3. The van der Waals surface area contributed by atoms with Crippen molar-refractivity contribution in [1.29, 1.82) is 0 Å². The van der Waals surface area contributed by atoms with Crippen LogP contribution in [-0.2, 0) is 16.0 Å². The van der Waals surface area contributed by atoms with Crippen LogP contribution in [0.1, 0.15) is 56.9 Å². The van der Waals surface area contributed by atoms with E-state index in [-0.39, 0.29) is 17.4 Å². The number of pyridine rings is 1. The van der Waals surface area contributed by atoms with Gasteiger partial charge in [0.2, 0.25) is 17.4 Å². The van der Waals surface area contributed by atoms with Gasteiger partial charge in [0, 0.05) is 51.3 Å². The summed E-state index contributed by atoms with van der Waals surface area (Å²) in [6.07, 6.45) is 9.94. The Morgan fingerprint density at radius 2 is 1.48 bits per heavy atom. The molecule has 0 bridgehead atoms. The van der Waals surface area contributed by atoms with E-state index in [2.05, 4.69) is 4.98 Å². The van der Waals surface area contributed by atoms with E-state index in [4.69, 9.17) is 0 Å². The molecular weight excluding hydrogens is 342 g/mol. The predicted octanol–water partition coefficient (Wildman–Crippen LogP) is 2.34. The standard InChI is InChI=1S/C21H31N3O3/c25-19-6-5-18(16-22-19)15-17-9-13-24(14-10-17)21(27)8-7-20(26)23-11-3-1-2-4-12-23/h5-6,16-17H,1-4,7-15H2,(H,22,25). The molecule has 2 aliphatic heterocycles. The average Bonchev–Trinajstić information content (AvgIpc) is 2.98. The highest BCUT2D eigenvalue weighted by Gasteiger charge is 2.24. The zero-order chi connectivity index (χ0) is 19.1. The lowest BCUT2D eigenvalue weighted by Gasteiger charge is -2.32. The van der Waals surface area contributed by atoms with Crippen molar-refractivity contribution in [3.8, 4) is 0 Å². The molecule has 0 radical (unpaired) electrons. The summed E-state index contributed by atoms with van der Waals surface area (Å²) in [5, 5.41) is 0. The summed E-state index contributed by atoms with van der Waals surface area (Å²) in [5.74, 6) is 0.789. The fraction of sp³-hybridized carbons (Fsp3) is 0.667. The number of carbonyl (C=O) groups is 2. The number of rotatable bonds is 5. The summed E-state index contributed by atoms with van der Waals surface area (Å²) in [4.78, 5) is 42.5. The number of aromatic nitrogens is 1. The van der Waals surface area contributed by atoms with Crippen molar-refractivity contribution in [3.63, 3.8) is 0 Å². The van der Waals surface area contributed by atoms with Crippen LogP contribution >= 0.6 is 0 Å². The summed E-state index contributed by atoms with van der Waals surface area (Å²) in [7, 11) is 0. The highest BCUT2D eigenvalue weighted by Crippen LogP contribution is 2.22. The van der Waals surface area contributed by atoms with Crippen LogP contribution in [0.2, 0.25) is 0 Å². The van der Waals surface area contributed by atoms with Gasteiger partial charge in [-0.25, -0.2) is 0 Å². The van der Waals surface area contributed by atoms with Gasteiger partial charge < -0.3 is 14.8 Å². The molecule has 0 unspecified atom stereocenters. The molecular formula is C21H31N3O3. The van der Waals surface area contributed by atoms with Gasteiger partial charge in [0.05, 0.1) is 0 Å². The van der Waals surface area contributed by atoms with Crippen molar-refractivity contribution in [2.45, 2.75) is 57.8 Å². The van der Waals surface area contributed by atoms with E-state index in [1.165, 1.54) is 12.8 Å². The molecule has 0 atom stereocenters. The average molecular weight is 373 g/mol. The van der Waals surface area contributed by atoms with Gasteiger partial charge in [-0.1, -0.05) is 18.9 Å². The molecule has 3 heterocycles. The number of aromatic amines is 1. The van der Waals surface area contributed by atoms with Crippen LogP contribution < -0.4 is 5.56 Å². The summed E-state index contributed by atoms with van der Waals surface area (Å²) >= 11 is 0. The second kappa shape index (κ2) is 9.72. The number of piperidine rings is 1. The van der Waals surface area contributed by atoms with Crippen LogP contribution in [0.5, 0.6) is 0 Å². The largest absolute Gasteiger partial charge is 0.343 e. The SMILES string of the molecule is O=C(CCC(=O)N1CCC(Cc2ccc(=O)[nH]c2)CC1)N1CCCCCC1. The lowest BCUT2D eigenvalue weighted by Crippen LogP contribution is -2.39. The van der Waals surface area contributed by atoms with Gasteiger partial charge >= 0.3 is 0 Å². The second-order valence-electron chi connectivity index (χ2n) is 7.88. The van der Waals surface area contributed by atoms with Gasteiger partial charge in [0.15, 0.2) is 0 Å². The molecule has 0 spiro atoms. The third-order valence-electron chi connectivity index (χ3n) is 5.85. The van der Waals surface area contributed by atoms with E-state index < -0.39 is 0 Å². The minimum Gasteiger partial charge on any atom is -0.343 e. The molecule has 148 valence electrons. The van der Waals surface area contributed by atoms with E-state index >= 15 is 0 Å². The number of hydrogen-bond donors (Lipinski definition) is 1. The number of nitrogens with zero attached hydrogens (tertiary/aromatic N) is 2. The monoisotopic (exact) mass is 373 g/mol. The Morgan fingerprint density at radius 1 is 0.889 bits per heavy atom. The van der Waals surface area contributed by atoms with Gasteiger partial charge in [0.1, 0.15) is 0 Å². The second-order valence-corrected chi connectivity index (χ2v) is 7.88. The first-order chi connectivity index (χ1) is 13.1. The van der Waals surface area contributed by atoms with E-state index in [0.29, 0.717) is 18.8 Å². The van der Waals surface area contributed by atoms with Gasteiger partial charge in [-0.15, -0.1) is 0 Å². The highest BCUT2D eigenvalue weighted by atomic mass is 16.2. The zero-order valence-electron chi connectivity index (χ0n) is 16.1. The first kappa shape index (κ1) is 19.6. The lowest BCUT2D eigenvalue weighted by atomic mass is 9.90. The Labute approximate surface area is 160 Å². The summed E-state index contributed by atoms with van der Waals surface area (Å²) in [6.45, 7) is 3.24. The molecule has 2 saturated heterocycles. The van der Waals surface area contributed by atoms with Gasteiger partial charge in [-0.2, -0.15) is 0 Å². The highest BCUT2D eigenvalue weighted by molar-refractivity contribution is 5.83. The van der Waals surface area contributed by atoms with Crippen LogP contribution in [0.15, 0.2) is 23.1 Å². The lowest BCUT2D eigenvalue weighted by molar-refractivity contribution is -0.137. The maximum atomic E-state index is 12.5. The van der Waals surface area contributed by atoms with Gasteiger partial charge in [0.25, 0.3) is 0 Å². The molecule has 0 aromatic carbocycles. The molecule has 0 aliphatic carbocycles. The Kier molecular flexibility index (Phi) is 7.07. The Morgan fingerprint density at radius 3 is 2.04 bits per heavy atom. The van der Waals surface area contributed by atoms with Crippen LogP contribution in [0.4, 0.5) is 0 Å². The summed E-state index contributed by atoms with van der Waals surface area (Å²) in [5.41, 5.74) is 1.07. The van der Waals surface area contributed by atoms with Gasteiger partial charge in [-0.05, 0) is 43.6 Å². The molecule has 1 aromatic heterocycles. The van der Waals surface area contributed by atoms with Crippen LogP contribution in [0.25, 0.3) is 0 Å². The van der Waals surface area contributed by atoms with Crippen LogP contribution in [0, 0.1) is 5.92 Å². The van der Waals surface area contributed by atoms with Crippen molar-refractivity contribution < 1.29 is 9.59 Å². The van der Waals surface area contributed by atoms with E-state index in [0.717, 1.165) is 63.8 Å². The molecule has 27 heavy (non-hydrogen) atoms. The van der Waals surface area contributed by atoms with Crippen LogP contribution in [-0.4, -0.2) is 52.8 Å². The first-order valence-corrected chi connectivity index (χ1v) is 10.3. The minimum absolute atomic E-state index is 0.0751. The van der Waals surface area contributed by atoms with Crippen molar-refractivity contribution in [3.05, 3.63) is 34.2 Å². The summed E-state index contributed by atoms with van der Waals surface area (Å²) < 4.78 is 0. The number of likely N-dealkylation sites (tertiary alicyclic amines) is 2. The fourth-order valence-corrected chi connectivity index (χ4v) is 4.14. The normalized spacial score (nSPS) is 19.0. The quantitative estimate of drug-likeness (QED) is 0.861. The fourth-order valence-electron chi connectivity index (χ4n) is 4.14. The van der Waals surface area contributed by atoms with E-state index in [9.17, 15) is 14.4 Å². The maximum absolute atomic E-state index is 12.5. The molecule has 0 saturated carbocycles. The number of carbonyl (C=O) groups excluding carboxylic acids is 2. The van der Waals surface area contributed by atoms with Crippen molar-refractivity contribution in [2.75, 3.05) is 26.2 Å². The van der Waals surface area contributed by atoms with Crippen molar-refractivity contribution in [2.24, 2.45) is 5.92 Å². The molecule has 1 aromatic rings. The summed E-state index contributed by atoms with van der Waals surface area (Å²) in [6, 6.07) is 3.44. The molecule has 2 aliphatic rings. The third-order valence-corrected chi connectivity index (χ3v) is 5.85. The van der Waals surface area contributed by atoms with E-state index in [1.54, 1.807) is 12.3 Å². The first-order valence-electron chi connectivity index (χ1n) is 10.3. The van der Waals surface area contributed by atoms with Crippen LogP contribution in [0.3, 0.4) is 0 Å². The predicted molar refractivity (Wildman–Crippen MR) is 104 cm³/mol. The smallest absolute Gasteiger partial charge is 0.247 e. The molecule has 6 heteroatoms. The number of amides is 2. The molecule has 2 fully saturated rings. The Bertz CT molecular complexity index is 664. The van der Waals surface area contributed by atoms with E-state index in [1.807, 2.05) is 15.9 Å². The third kappa shape index (κ3) is 5.94. The Balaban J connectivity index is 1.38. The number of H-pyrrole nitrogens is 1. The Hall–Kier alpha value is -2.11. The number of nitrogens with one attached hydrogen (secondary N) is 1. The maximum Gasteiger partial charge on any atom is 0.247 e. The van der Waals surface area contributed by atoms with Crippen molar-refractivity contribution >= 4 is 11.8 Å². The molecule has 2 amide bonds. The molecule has 3 rings (SSSR count). The van der Waals surface area contributed by atoms with Gasteiger partial charge in [-0.3, -0.25) is 14.4 Å². The topological polar surface area (TPSA) is 73.5 Å². The molecule has 1 N–H and O–H groups in total. The minimum atomic E-state index is -0.0751.